The van der Waals surface area contributed by atoms with E-state index in [0.717, 1.165) is 35.7 Å². The summed E-state index contributed by atoms with van der Waals surface area (Å²) in [6, 6.07) is 7.62. The standard InChI is InChI=1S/C30H37N3O6/c1-4-38-25-16-24(21-12-9-10-18(2)26(21)31-25)39-20-14-22-23(15-20)28(35)33(3)13-8-6-5-7-11-19-17-30(19,29(36)37)32-27(22)34/h7,9-12,16,19-20,22-23H,4-6,8,13-15,17H2,1-3H3,(H,32,34)(H,36,37)/b11-7+. The number of pyridine rings is 1. The largest absolute Gasteiger partial charge is 0.489 e. The molecule has 1 aromatic heterocycles. The molecule has 2 N–H and O–H groups in total. The predicted octanol–water partition coefficient (Wildman–Crippen LogP) is 3.87. The number of carboxylic acids is 1. The minimum atomic E-state index is -1.30. The van der Waals surface area contributed by atoms with E-state index in [1.807, 2.05) is 44.2 Å². The molecule has 9 nitrogen and oxygen atoms in total. The first-order valence-corrected chi connectivity index (χ1v) is 13.9. The number of carbonyl (C=O) groups is 3. The third-order valence-electron chi connectivity index (χ3n) is 8.34. The van der Waals surface area contributed by atoms with Crippen molar-refractivity contribution in [1.29, 1.82) is 0 Å². The van der Waals surface area contributed by atoms with Gasteiger partial charge in [-0.2, -0.15) is 0 Å². The molecule has 2 heterocycles. The predicted molar refractivity (Wildman–Crippen MR) is 146 cm³/mol. The average Bonchev–Trinajstić information content (AvgIpc) is 3.44. The zero-order chi connectivity index (χ0) is 27.7. The van der Waals surface area contributed by atoms with Gasteiger partial charge in [0.15, 0.2) is 0 Å². The fourth-order valence-corrected chi connectivity index (χ4v) is 6.03. The maximum absolute atomic E-state index is 13.6. The summed E-state index contributed by atoms with van der Waals surface area (Å²) in [4.78, 5) is 45.7. The number of benzene rings is 1. The first kappa shape index (κ1) is 27.0. The van der Waals surface area contributed by atoms with Gasteiger partial charge in [-0.3, -0.25) is 9.59 Å². The van der Waals surface area contributed by atoms with E-state index in [9.17, 15) is 19.5 Å². The van der Waals surface area contributed by atoms with Crippen molar-refractivity contribution >= 4 is 28.7 Å². The number of nitrogens with zero attached hydrogens (tertiary/aromatic N) is 2. The zero-order valence-electron chi connectivity index (χ0n) is 22.8. The number of hydrogen-bond donors (Lipinski definition) is 2. The molecule has 2 aromatic rings. The number of carbonyl (C=O) groups excluding carboxylic acids is 2. The monoisotopic (exact) mass is 535 g/mol. The van der Waals surface area contributed by atoms with Gasteiger partial charge in [-0.1, -0.05) is 24.3 Å². The smallest absolute Gasteiger partial charge is 0.330 e. The number of carboxylic acid groups (broad SMARTS) is 1. The highest BCUT2D eigenvalue weighted by Gasteiger charge is 2.61. The Morgan fingerprint density at radius 2 is 2.03 bits per heavy atom. The Balaban J connectivity index is 1.44. The second-order valence-electron chi connectivity index (χ2n) is 11.0. The Morgan fingerprint density at radius 3 is 2.79 bits per heavy atom. The fourth-order valence-electron chi connectivity index (χ4n) is 6.03. The second kappa shape index (κ2) is 10.9. The molecule has 0 radical (unpaired) electrons. The molecule has 3 aliphatic rings. The Labute approximate surface area is 228 Å². The van der Waals surface area contributed by atoms with Gasteiger partial charge in [0.1, 0.15) is 17.4 Å². The summed E-state index contributed by atoms with van der Waals surface area (Å²) in [5.41, 5.74) is 0.461. The van der Waals surface area contributed by atoms with Crippen molar-refractivity contribution in [3.63, 3.8) is 0 Å². The number of aryl methyl sites for hydroxylation is 1. The van der Waals surface area contributed by atoms with Crippen LogP contribution >= 0.6 is 0 Å². The van der Waals surface area contributed by atoms with Crippen LogP contribution in [-0.4, -0.2) is 64.6 Å². The number of aliphatic carboxylic acids is 1. The van der Waals surface area contributed by atoms with Crippen molar-refractivity contribution in [1.82, 2.24) is 15.2 Å². The molecule has 5 atom stereocenters. The summed E-state index contributed by atoms with van der Waals surface area (Å²) < 4.78 is 12.2. The molecule has 2 aliphatic carbocycles. The van der Waals surface area contributed by atoms with Crippen LogP contribution in [-0.2, 0) is 14.4 Å². The molecule has 0 saturated heterocycles. The van der Waals surface area contributed by atoms with Gasteiger partial charge in [0.2, 0.25) is 17.7 Å². The van der Waals surface area contributed by atoms with Gasteiger partial charge in [-0.15, -0.1) is 0 Å². The highest BCUT2D eigenvalue weighted by Crippen LogP contribution is 2.46. The van der Waals surface area contributed by atoms with Gasteiger partial charge < -0.3 is 24.8 Å². The van der Waals surface area contributed by atoms with Crippen molar-refractivity contribution in [2.24, 2.45) is 17.8 Å². The van der Waals surface area contributed by atoms with Gasteiger partial charge in [0.05, 0.1) is 24.0 Å². The number of amides is 2. The first-order chi connectivity index (χ1) is 18.7. The van der Waals surface area contributed by atoms with E-state index in [4.69, 9.17) is 9.47 Å². The molecule has 2 amide bonds. The number of allylic oxidation sites excluding steroid dienone is 1. The van der Waals surface area contributed by atoms with E-state index >= 15 is 0 Å². The minimum Gasteiger partial charge on any atom is -0.489 e. The van der Waals surface area contributed by atoms with Crippen LogP contribution in [0.3, 0.4) is 0 Å². The maximum Gasteiger partial charge on any atom is 0.330 e. The number of ether oxygens (including phenoxy) is 2. The average molecular weight is 536 g/mol. The van der Waals surface area contributed by atoms with Crippen molar-refractivity contribution in [2.45, 2.75) is 64.0 Å². The highest BCUT2D eigenvalue weighted by molar-refractivity contribution is 5.94. The molecule has 39 heavy (non-hydrogen) atoms. The molecular weight excluding hydrogens is 498 g/mol. The number of nitrogens with one attached hydrogen (secondary N) is 1. The van der Waals surface area contributed by atoms with Crippen LogP contribution in [0.1, 0.15) is 51.0 Å². The van der Waals surface area contributed by atoms with Crippen LogP contribution in [0, 0.1) is 24.7 Å². The molecule has 1 aliphatic heterocycles. The van der Waals surface area contributed by atoms with Crippen molar-refractivity contribution in [2.75, 3.05) is 20.2 Å². The molecule has 5 unspecified atom stereocenters. The Hall–Kier alpha value is -3.62. The number of aromatic nitrogens is 1. The molecule has 5 rings (SSSR count). The van der Waals surface area contributed by atoms with Gasteiger partial charge in [-0.05, 0) is 64.0 Å². The lowest BCUT2D eigenvalue weighted by molar-refractivity contribution is -0.145. The molecule has 9 heteroatoms. The van der Waals surface area contributed by atoms with E-state index < -0.39 is 35.4 Å². The number of para-hydroxylation sites is 1. The maximum atomic E-state index is 13.6. The zero-order valence-corrected chi connectivity index (χ0v) is 22.8. The number of hydrogen-bond acceptors (Lipinski definition) is 6. The quantitative estimate of drug-likeness (QED) is 0.558. The van der Waals surface area contributed by atoms with Crippen molar-refractivity contribution < 1.29 is 29.0 Å². The Bertz CT molecular complexity index is 1310. The van der Waals surface area contributed by atoms with Crippen LogP contribution < -0.4 is 14.8 Å². The lowest BCUT2D eigenvalue weighted by atomic mass is 9.93. The summed E-state index contributed by atoms with van der Waals surface area (Å²) in [5, 5.41) is 13.6. The number of rotatable bonds is 5. The normalized spacial score (nSPS) is 30.1. The van der Waals surface area contributed by atoms with Gasteiger partial charge in [-0.25, -0.2) is 9.78 Å². The minimum absolute atomic E-state index is 0.101. The molecule has 1 aromatic carbocycles. The molecule has 0 bridgehead atoms. The third kappa shape index (κ3) is 5.31. The SMILES string of the molecule is CCOc1cc(OC2CC3C(=O)NC4(C(=O)O)CC4/C=C/CCCCN(C)C(=O)C3C2)c2cccc(C)c2n1. The summed E-state index contributed by atoms with van der Waals surface area (Å²) in [6.07, 6.45) is 7.10. The second-order valence-corrected chi connectivity index (χ2v) is 11.0. The van der Waals surface area contributed by atoms with Crippen LogP contribution in [0.15, 0.2) is 36.4 Å². The van der Waals surface area contributed by atoms with Gasteiger partial charge in [0.25, 0.3) is 0 Å². The Kier molecular flexibility index (Phi) is 7.51. The lowest BCUT2D eigenvalue weighted by Gasteiger charge is -2.26. The van der Waals surface area contributed by atoms with Crippen LogP contribution in [0.25, 0.3) is 10.9 Å². The van der Waals surface area contributed by atoms with Crippen molar-refractivity contribution in [3.05, 3.63) is 42.0 Å². The molecule has 208 valence electrons. The van der Waals surface area contributed by atoms with Crippen LogP contribution in [0.5, 0.6) is 11.6 Å². The Morgan fingerprint density at radius 1 is 1.23 bits per heavy atom. The summed E-state index contributed by atoms with van der Waals surface area (Å²) in [5.74, 6) is -2.00. The van der Waals surface area contributed by atoms with E-state index in [-0.39, 0.29) is 11.8 Å². The van der Waals surface area contributed by atoms with Crippen LogP contribution in [0.2, 0.25) is 0 Å². The summed E-state index contributed by atoms with van der Waals surface area (Å²) >= 11 is 0. The highest BCUT2D eigenvalue weighted by atomic mass is 16.5. The topological polar surface area (TPSA) is 118 Å². The third-order valence-corrected chi connectivity index (χ3v) is 8.34. The number of fused-ring (bicyclic) bond motifs is 3. The first-order valence-electron chi connectivity index (χ1n) is 13.9. The molecule has 2 saturated carbocycles. The van der Waals surface area contributed by atoms with E-state index in [2.05, 4.69) is 10.3 Å². The molecular formula is C30H37N3O6. The van der Waals surface area contributed by atoms with Crippen molar-refractivity contribution in [3.8, 4) is 11.6 Å². The summed E-state index contributed by atoms with van der Waals surface area (Å²) in [7, 11) is 1.77. The van der Waals surface area contributed by atoms with E-state index in [1.54, 1.807) is 18.0 Å². The summed E-state index contributed by atoms with van der Waals surface area (Å²) in [6.45, 7) is 4.94. The fraction of sp³-hybridized carbons (Fsp3) is 0.533. The molecule has 0 spiro atoms. The van der Waals surface area contributed by atoms with Crippen LogP contribution in [0.4, 0.5) is 0 Å². The van der Waals surface area contributed by atoms with Gasteiger partial charge in [0, 0.05) is 31.0 Å². The molecule has 2 fully saturated rings. The lowest BCUT2D eigenvalue weighted by Crippen LogP contribution is -2.49. The van der Waals surface area contributed by atoms with E-state index in [1.165, 1.54) is 0 Å². The van der Waals surface area contributed by atoms with E-state index in [0.29, 0.717) is 44.0 Å². The van der Waals surface area contributed by atoms with Gasteiger partial charge >= 0.3 is 5.97 Å².